The molecule has 18 heavy (non-hydrogen) atoms. The van der Waals surface area contributed by atoms with Gasteiger partial charge in [0.05, 0.1) is 6.42 Å². The number of nitrogens with one attached hydrogen (secondary N) is 1. The van der Waals surface area contributed by atoms with Crippen LogP contribution in [0.1, 0.15) is 25.3 Å². The summed E-state index contributed by atoms with van der Waals surface area (Å²) in [6.45, 7) is 1.66. The molecule has 1 aromatic heterocycles. The van der Waals surface area contributed by atoms with E-state index < -0.39 is 11.9 Å². The highest BCUT2D eigenvalue weighted by atomic mass is 16.6. The molecule has 0 atom stereocenters. The first-order valence-corrected chi connectivity index (χ1v) is 5.99. The van der Waals surface area contributed by atoms with Crippen molar-refractivity contribution in [2.75, 3.05) is 0 Å². The maximum Gasteiger partial charge on any atom is 0.313 e. The number of carbonyl (C=O) groups excluding carboxylic acids is 2. The van der Waals surface area contributed by atoms with Crippen LogP contribution in [0.2, 0.25) is 0 Å². The third kappa shape index (κ3) is 2.77. The van der Waals surface area contributed by atoms with Gasteiger partial charge in [0.1, 0.15) is 0 Å². The van der Waals surface area contributed by atoms with Gasteiger partial charge < -0.3 is 9.72 Å². The highest BCUT2D eigenvalue weighted by Crippen LogP contribution is 2.19. The van der Waals surface area contributed by atoms with E-state index in [2.05, 4.69) is 9.72 Å². The van der Waals surface area contributed by atoms with E-state index in [1.54, 1.807) is 6.92 Å². The fourth-order valence-corrected chi connectivity index (χ4v) is 1.83. The van der Waals surface area contributed by atoms with Crippen molar-refractivity contribution >= 4 is 22.8 Å². The minimum atomic E-state index is -0.473. The molecular formula is C14H15NO3. The average Bonchev–Trinajstić information content (AvgIpc) is 2.79. The Morgan fingerprint density at radius 1 is 1.22 bits per heavy atom. The van der Waals surface area contributed by atoms with Crippen LogP contribution in [0, 0.1) is 0 Å². The lowest BCUT2D eigenvalue weighted by atomic mass is 10.1. The predicted octanol–water partition coefficient (Wildman–Crippen LogP) is 2.58. The number of fused-ring (bicyclic) bond motifs is 1. The molecule has 0 amide bonds. The van der Waals surface area contributed by atoms with Crippen molar-refractivity contribution in [2.45, 2.75) is 26.2 Å². The fraction of sp³-hybridized carbons (Fsp3) is 0.286. The second kappa shape index (κ2) is 5.49. The Kier molecular flexibility index (Phi) is 3.77. The third-order valence-electron chi connectivity index (χ3n) is 2.79. The maximum atomic E-state index is 11.4. The van der Waals surface area contributed by atoms with Crippen molar-refractivity contribution in [1.82, 2.24) is 4.98 Å². The molecule has 1 heterocycles. The number of hydrogen-bond acceptors (Lipinski definition) is 3. The van der Waals surface area contributed by atoms with Gasteiger partial charge in [-0.25, -0.2) is 0 Å². The number of hydrogen-bond donors (Lipinski definition) is 1. The van der Waals surface area contributed by atoms with Gasteiger partial charge in [-0.3, -0.25) is 9.59 Å². The standard InChI is InChI=1S/C14H15NO3/c1-2-13(16)18-14(17)8-7-10-9-15-12-6-4-3-5-11(10)12/h3-6,9,15H,2,7-8H2,1H3. The van der Waals surface area contributed by atoms with Gasteiger partial charge in [-0.1, -0.05) is 25.1 Å². The molecule has 2 rings (SSSR count). The Labute approximate surface area is 105 Å². The molecule has 0 aliphatic rings. The van der Waals surface area contributed by atoms with E-state index in [1.165, 1.54) is 0 Å². The molecule has 0 radical (unpaired) electrons. The average molecular weight is 245 g/mol. The highest BCUT2D eigenvalue weighted by Gasteiger charge is 2.10. The normalized spacial score (nSPS) is 10.5. The Morgan fingerprint density at radius 2 is 2.00 bits per heavy atom. The van der Waals surface area contributed by atoms with E-state index in [-0.39, 0.29) is 12.8 Å². The summed E-state index contributed by atoms with van der Waals surface area (Å²) in [5.74, 6) is -0.939. The van der Waals surface area contributed by atoms with Crippen LogP contribution in [0.4, 0.5) is 0 Å². The van der Waals surface area contributed by atoms with E-state index in [0.717, 1.165) is 16.5 Å². The molecule has 94 valence electrons. The van der Waals surface area contributed by atoms with Crippen molar-refractivity contribution < 1.29 is 14.3 Å². The SMILES string of the molecule is CCC(=O)OC(=O)CCc1c[nH]c2ccccc12. The molecule has 0 aliphatic carbocycles. The van der Waals surface area contributed by atoms with Crippen LogP contribution >= 0.6 is 0 Å². The summed E-state index contributed by atoms with van der Waals surface area (Å²) in [5, 5.41) is 1.10. The Hall–Kier alpha value is -2.10. The van der Waals surface area contributed by atoms with E-state index in [4.69, 9.17) is 0 Å². The summed E-state index contributed by atoms with van der Waals surface area (Å²) in [4.78, 5) is 25.5. The number of ether oxygens (including phenoxy) is 1. The zero-order chi connectivity index (χ0) is 13.0. The maximum absolute atomic E-state index is 11.4. The number of H-pyrrole nitrogens is 1. The Bertz CT molecular complexity index is 571. The first-order chi connectivity index (χ1) is 8.70. The van der Waals surface area contributed by atoms with Crippen molar-refractivity contribution in [3.05, 3.63) is 36.0 Å². The van der Waals surface area contributed by atoms with Crippen LogP contribution in [-0.4, -0.2) is 16.9 Å². The number of aryl methyl sites for hydroxylation is 1. The molecule has 0 aliphatic heterocycles. The first kappa shape index (κ1) is 12.4. The van der Waals surface area contributed by atoms with E-state index in [1.807, 2.05) is 30.5 Å². The second-order valence-corrected chi connectivity index (χ2v) is 4.06. The van der Waals surface area contributed by atoms with Gasteiger partial charge in [0.25, 0.3) is 0 Å². The Morgan fingerprint density at radius 3 is 2.78 bits per heavy atom. The highest BCUT2D eigenvalue weighted by molar-refractivity contribution is 5.86. The third-order valence-corrected chi connectivity index (χ3v) is 2.79. The monoisotopic (exact) mass is 245 g/mol. The van der Waals surface area contributed by atoms with Crippen LogP contribution in [0.15, 0.2) is 30.5 Å². The van der Waals surface area contributed by atoms with E-state index >= 15 is 0 Å². The lowest BCUT2D eigenvalue weighted by molar-refractivity contribution is -0.159. The Balaban J connectivity index is 1.98. The first-order valence-electron chi connectivity index (χ1n) is 5.99. The second-order valence-electron chi connectivity index (χ2n) is 4.06. The van der Waals surface area contributed by atoms with Crippen LogP contribution in [0.25, 0.3) is 10.9 Å². The summed E-state index contributed by atoms with van der Waals surface area (Å²) < 4.78 is 4.62. The molecular weight excluding hydrogens is 230 g/mol. The molecule has 2 aromatic rings. The fourth-order valence-electron chi connectivity index (χ4n) is 1.83. The molecule has 4 nitrogen and oxygen atoms in total. The van der Waals surface area contributed by atoms with Gasteiger partial charge in [-0.2, -0.15) is 0 Å². The number of esters is 2. The van der Waals surface area contributed by atoms with Crippen molar-refractivity contribution in [1.29, 1.82) is 0 Å². The molecule has 0 spiro atoms. The van der Waals surface area contributed by atoms with Crippen LogP contribution in [0.3, 0.4) is 0 Å². The molecule has 0 bridgehead atoms. The van der Waals surface area contributed by atoms with E-state index in [0.29, 0.717) is 6.42 Å². The molecule has 0 unspecified atom stereocenters. The van der Waals surface area contributed by atoms with Crippen LogP contribution < -0.4 is 0 Å². The predicted molar refractivity (Wildman–Crippen MR) is 68.0 cm³/mol. The molecule has 1 N–H and O–H groups in total. The van der Waals surface area contributed by atoms with Crippen LogP contribution in [0.5, 0.6) is 0 Å². The van der Waals surface area contributed by atoms with Crippen molar-refractivity contribution in [2.24, 2.45) is 0 Å². The van der Waals surface area contributed by atoms with Gasteiger partial charge in [-0.15, -0.1) is 0 Å². The number of aromatic amines is 1. The van der Waals surface area contributed by atoms with Crippen molar-refractivity contribution in [3.63, 3.8) is 0 Å². The molecule has 0 saturated heterocycles. The van der Waals surface area contributed by atoms with Gasteiger partial charge in [0.15, 0.2) is 0 Å². The van der Waals surface area contributed by atoms with Gasteiger partial charge in [0.2, 0.25) is 0 Å². The topological polar surface area (TPSA) is 59.2 Å². The number of rotatable bonds is 4. The number of para-hydroxylation sites is 1. The minimum absolute atomic E-state index is 0.216. The zero-order valence-corrected chi connectivity index (χ0v) is 10.2. The summed E-state index contributed by atoms with van der Waals surface area (Å²) >= 11 is 0. The zero-order valence-electron chi connectivity index (χ0n) is 10.2. The van der Waals surface area contributed by atoms with Crippen molar-refractivity contribution in [3.8, 4) is 0 Å². The lowest BCUT2D eigenvalue weighted by Crippen LogP contribution is -2.11. The number of benzene rings is 1. The molecule has 1 aromatic carbocycles. The number of carbonyl (C=O) groups is 2. The van der Waals surface area contributed by atoms with Gasteiger partial charge in [-0.05, 0) is 18.1 Å². The van der Waals surface area contributed by atoms with Crippen LogP contribution in [-0.2, 0) is 20.7 Å². The summed E-state index contributed by atoms with van der Waals surface area (Å²) in [6, 6.07) is 7.90. The minimum Gasteiger partial charge on any atom is -0.393 e. The summed E-state index contributed by atoms with van der Waals surface area (Å²) in [5.41, 5.74) is 2.11. The van der Waals surface area contributed by atoms with Gasteiger partial charge >= 0.3 is 11.9 Å². The summed E-state index contributed by atoms with van der Waals surface area (Å²) in [7, 11) is 0. The van der Waals surface area contributed by atoms with E-state index in [9.17, 15) is 9.59 Å². The molecule has 0 saturated carbocycles. The lowest BCUT2D eigenvalue weighted by Gasteiger charge is -2.01. The van der Waals surface area contributed by atoms with Gasteiger partial charge in [0, 0.05) is 23.5 Å². The quantitative estimate of drug-likeness (QED) is 0.665. The number of aromatic nitrogens is 1. The molecule has 0 fully saturated rings. The summed E-state index contributed by atoms with van der Waals surface area (Å²) in [6.07, 6.45) is 2.89. The molecule has 4 heteroatoms. The largest absolute Gasteiger partial charge is 0.393 e. The smallest absolute Gasteiger partial charge is 0.313 e.